The van der Waals surface area contributed by atoms with Crippen molar-refractivity contribution in [2.45, 2.75) is 25.8 Å². The Bertz CT molecular complexity index is 294. The largest absolute Gasteiger partial charge is 0.355 e. The molecule has 1 saturated heterocycles. The first-order valence-corrected chi connectivity index (χ1v) is 5.19. The number of aryl methyl sites for hydroxylation is 1. The highest BCUT2D eigenvalue weighted by Gasteiger charge is 2.17. The number of nitrogens with zero attached hydrogens (tertiary/aromatic N) is 2. The third-order valence-corrected chi connectivity index (χ3v) is 2.68. The molecule has 0 spiro atoms. The predicted molar refractivity (Wildman–Crippen MR) is 58.4 cm³/mol. The Balaban J connectivity index is 2.10. The van der Waals surface area contributed by atoms with Crippen molar-refractivity contribution in [3.8, 4) is 0 Å². The van der Waals surface area contributed by atoms with Gasteiger partial charge >= 0.3 is 0 Å². The van der Waals surface area contributed by atoms with Crippen molar-refractivity contribution in [2.24, 2.45) is 5.73 Å². The summed E-state index contributed by atoms with van der Waals surface area (Å²) in [5, 5.41) is 0. The number of hydrogen-bond acceptors (Lipinski definition) is 3. The molecule has 2 heterocycles. The van der Waals surface area contributed by atoms with Gasteiger partial charge in [0.1, 0.15) is 5.82 Å². The maximum atomic E-state index is 5.92. The Kier molecular flexibility index (Phi) is 2.68. The Morgan fingerprint density at radius 1 is 1.50 bits per heavy atom. The van der Waals surface area contributed by atoms with Crippen LogP contribution >= 0.6 is 0 Å². The van der Waals surface area contributed by atoms with Gasteiger partial charge in [-0.25, -0.2) is 4.98 Å². The first kappa shape index (κ1) is 9.46. The van der Waals surface area contributed by atoms with E-state index in [1.807, 2.05) is 6.20 Å². The third-order valence-electron chi connectivity index (χ3n) is 2.68. The van der Waals surface area contributed by atoms with E-state index in [9.17, 15) is 0 Å². The summed E-state index contributed by atoms with van der Waals surface area (Å²) in [6.07, 6.45) is 4.23. The van der Waals surface area contributed by atoms with Crippen LogP contribution in [0.1, 0.15) is 18.4 Å². The predicted octanol–water partition coefficient (Wildman–Crippen LogP) is 1.32. The monoisotopic (exact) mass is 191 g/mol. The van der Waals surface area contributed by atoms with Gasteiger partial charge in [-0.2, -0.15) is 0 Å². The van der Waals surface area contributed by atoms with Gasteiger partial charge in [-0.15, -0.1) is 0 Å². The van der Waals surface area contributed by atoms with E-state index in [1.165, 1.54) is 12.0 Å². The van der Waals surface area contributed by atoms with Crippen molar-refractivity contribution in [2.75, 3.05) is 18.0 Å². The molecule has 0 aromatic carbocycles. The molecule has 0 bridgehead atoms. The molecule has 14 heavy (non-hydrogen) atoms. The Morgan fingerprint density at radius 3 is 3.00 bits per heavy atom. The zero-order valence-corrected chi connectivity index (χ0v) is 8.61. The second kappa shape index (κ2) is 3.96. The van der Waals surface area contributed by atoms with Crippen LogP contribution in [0, 0.1) is 6.92 Å². The second-order valence-corrected chi connectivity index (χ2v) is 4.04. The van der Waals surface area contributed by atoms with Gasteiger partial charge in [-0.05, 0) is 31.4 Å². The minimum Gasteiger partial charge on any atom is -0.355 e. The lowest BCUT2D eigenvalue weighted by atomic mass is 10.1. The van der Waals surface area contributed by atoms with Gasteiger partial charge in [0.15, 0.2) is 0 Å². The van der Waals surface area contributed by atoms with Crippen LogP contribution in [0.3, 0.4) is 0 Å². The van der Waals surface area contributed by atoms with Gasteiger partial charge in [0.2, 0.25) is 0 Å². The number of aromatic nitrogens is 1. The van der Waals surface area contributed by atoms with Gasteiger partial charge in [-0.1, -0.05) is 6.07 Å². The van der Waals surface area contributed by atoms with Gasteiger partial charge in [-0.3, -0.25) is 0 Å². The summed E-state index contributed by atoms with van der Waals surface area (Å²) in [6.45, 7) is 4.08. The first-order chi connectivity index (χ1) is 6.75. The van der Waals surface area contributed by atoms with E-state index in [2.05, 4.69) is 28.9 Å². The molecule has 2 rings (SSSR count). The SMILES string of the molecule is Cc1ccc(N2CCCC(N)C2)nc1. The molecule has 1 aromatic rings. The van der Waals surface area contributed by atoms with Crippen molar-refractivity contribution in [3.05, 3.63) is 23.9 Å². The van der Waals surface area contributed by atoms with Gasteiger partial charge in [0, 0.05) is 25.3 Å². The summed E-state index contributed by atoms with van der Waals surface area (Å²) in [5.41, 5.74) is 7.13. The number of nitrogens with two attached hydrogens (primary N) is 1. The van der Waals surface area contributed by atoms with E-state index < -0.39 is 0 Å². The molecule has 0 aliphatic carbocycles. The zero-order valence-electron chi connectivity index (χ0n) is 8.61. The number of pyridine rings is 1. The first-order valence-electron chi connectivity index (χ1n) is 5.19. The van der Waals surface area contributed by atoms with Crippen molar-refractivity contribution in [1.29, 1.82) is 0 Å². The smallest absolute Gasteiger partial charge is 0.128 e. The molecule has 2 N–H and O–H groups in total. The summed E-state index contributed by atoms with van der Waals surface area (Å²) < 4.78 is 0. The molecule has 1 atom stereocenters. The zero-order chi connectivity index (χ0) is 9.97. The Labute approximate surface area is 84.9 Å². The molecular formula is C11H17N3. The van der Waals surface area contributed by atoms with Crippen molar-refractivity contribution < 1.29 is 0 Å². The molecule has 0 radical (unpaired) electrons. The molecule has 0 saturated carbocycles. The fourth-order valence-electron chi connectivity index (χ4n) is 1.87. The average Bonchev–Trinajstić information content (AvgIpc) is 2.19. The molecule has 1 fully saturated rings. The van der Waals surface area contributed by atoms with Crippen LogP contribution < -0.4 is 10.6 Å². The van der Waals surface area contributed by atoms with E-state index in [0.29, 0.717) is 6.04 Å². The second-order valence-electron chi connectivity index (χ2n) is 4.04. The summed E-state index contributed by atoms with van der Waals surface area (Å²) in [5.74, 6) is 1.06. The van der Waals surface area contributed by atoms with Gasteiger partial charge in [0.25, 0.3) is 0 Å². The van der Waals surface area contributed by atoms with Crippen molar-refractivity contribution in [1.82, 2.24) is 4.98 Å². The number of anilines is 1. The summed E-state index contributed by atoms with van der Waals surface area (Å²) >= 11 is 0. The average molecular weight is 191 g/mol. The summed E-state index contributed by atoms with van der Waals surface area (Å²) in [4.78, 5) is 6.68. The molecule has 1 aliphatic rings. The number of hydrogen-bond donors (Lipinski definition) is 1. The standard InChI is InChI=1S/C11H17N3/c1-9-4-5-11(13-7-9)14-6-2-3-10(12)8-14/h4-5,7,10H,2-3,6,8,12H2,1H3. The Morgan fingerprint density at radius 2 is 2.36 bits per heavy atom. The molecule has 3 nitrogen and oxygen atoms in total. The van der Waals surface area contributed by atoms with Crippen LogP contribution in [0.4, 0.5) is 5.82 Å². The molecule has 1 unspecified atom stereocenters. The van der Waals surface area contributed by atoms with Crippen LogP contribution in [-0.4, -0.2) is 24.1 Å². The van der Waals surface area contributed by atoms with Crippen LogP contribution in [-0.2, 0) is 0 Å². The minimum absolute atomic E-state index is 0.312. The summed E-state index contributed by atoms with van der Waals surface area (Å²) in [7, 11) is 0. The molecule has 1 aliphatic heterocycles. The maximum Gasteiger partial charge on any atom is 0.128 e. The lowest BCUT2D eigenvalue weighted by Gasteiger charge is -2.31. The lowest BCUT2D eigenvalue weighted by molar-refractivity contribution is 0.503. The normalized spacial score (nSPS) is 22.4. The maximum absolute atomic E-state index is 5.92. The highest BCUT2D eigenvalue weighted by atomic mass is 15.2. The lowest BCUT2D eigenvalue weighted by Crippen LogP contribution is -2.43. The van der Waals surface area contributed by atoms with Crippen LogP contribution in [0.5, 0.6) is 0 Å². The van der Waals surface area contributed by atoms with Crippen LogP contribution in [0.15, 0.2) is 18.3 Å². The highest BCUT2D eigenvalue weighted by molar-refractivity contribution is 5.39. The number of piperidine rings is 1. The van der Waals surface area contributed by atoms with E-state index >= 15 is 0 Å². The Hall–Kier alpha value is -1.09. The van der Waals surface area contributed by atoms with E-state index in [-0.39, 0.29) is 0 Å². The van der Waals surface area contributed by atoms with E-state index in [1.54, 1.807) is 0 Å². The van der Waals surface area contributed by atoms with Crippen molar-refractivity contribution >= 4 is 5.82 Å². The summed E-state index contributed by atoms with van der Waals surface area (Å²) in [6, 6.07) is 4.49. The van der Waals surface area contributed by atoms with Gasteiger partial charge < -0.3 is 10.6 Å². The van der Waals surface area contributed by atoms with E-state index in [4.69, 9.17) is 5.73 Å². The van der Waals surface area contributed by atoms with E-state index in [0.717, 1.165) is 25.3 Å². The van der Waals surface area contributed by atoms with Crippen LogP contribution in [0.2, 0.25) is 0 Å². The van der Waals surface area contributed by atoms with Gasteiger partial charge in [0.05, 0.1) is 0 Å². The molecule has 3 heteroatoms. The molecule has 76 valence electrons. The third kappa shape index (κ3) is 2.04. The van der Waals surface area contributed by atoms with Crippen molar-refractivity contribution in [3.63, 3.8) is 0 Å². The molecule has 0 amide bonds. The minimum atomic E-state index is 0.312. The highest BCUT2D eigenvalue weighted by Crippen LogP contribution is 2.16. The topological polar surface area (TPSA) is 42.1 Å². The van der Waals surface area contributed by atoms with Crippen LogP contribution in [0.25, 0.3) is 0 Å². The quantitative estimate of drug-likeness (QED) is 0.728. The molecular weight excluding hydrogens is 174 g/mol. The fourth-order valence-corrected chi connectivity index (χ4v) is 1.87. The number of rotatable bonds is 1. The molecule has 1 aromatic heterocycles. The fraction of sp³-hybridized carbons (Fsp3) is 0.545.